The van der Waals surface area contributed by atoms with Gasteiger partial charge in [-0.3, -0.25) is 23.4 Å². The van der Waals surface area contributed by atoms with E-state index in [1.54, 1.807) is 0 Å². The normalized spacial score (nSPS) is 37.2. The lowest BCUT2D eigenvalue weighted by Gasteiger charge is -2.39. The molecule has 10 N–H and O–H groups in total. The van der Waals surface area contributed by atoms with Gasteiger partial charge in [0.15, 0.2) is 17.4 Å². The van der Waals surface area contributed by atoms with Gasteiger partial charge < -0.3 is 45.8 Å². The van der Waals surface area contributed by atoms with Gasteiger partial charge in [-0.25, -0.2) is 14.1 Å². The molecule has 2 aliphatic rings. The maximum Gasteiger partial charge on any atom is 0.481 e. The van der Waals surface area contributed by atoms with Crippen LogP contribution in [0.3, 0.4) is 0 Å². The largest absolute Gasteiger partial charge is 0.481 e. The number of hydrogen-bond acceptors (Lipinski definition) is 15. The molecule has 3 heterocycles. The van der Waals surface area contributed by atoms with Gasteiger partial charge in [-0.2, -0.15) is 9.29 Å². The number of nitrogens with one attached hydrogen (secondary N) is 1. The van der Waals surface area contributed by atoms with E-state index in [9.17, 15) is 49.2 Å². The number of H-pyrrole nitrogens is 1. The van der Waals surface area contributed by atoms with Crippen LogP contribution in [0.1, 0.15) is 19.6 Å². The SMILES string of the molecule is C[C@@H]1C[C@H](OP(=O)(O)OP(=O)(O)OC[C@H]2O[C@@H](n3cnc4c(=O)[nH]c(N)nc43)[C@H](O)[C@@H]2O)[C@@H](O)[C@H](O)[C@@H]1O. The minimum absolute atomic E-state index is 0.0875. The Labute approximate surface area is 212 Å². The molecule has 4 rings (SSSR count). The minimum atomic E-state index is -5.38. The number of fused-ring (bicyclic) bond motifs is 1. The Kier molecular flexibility index (Phi) is 8.15. The van der Waals surface area contributed by atoms with Gasteiger partial charge in [-0.1, -0.05) is 6.92 Å². The number of nitrogens with zero attached hydrogens (tertiary/aromatic N) is 3. The molecule has 2 aromatic heterocycles. The zero-order valence-electron chi connectivity index (χ0n) is 19.5. The molecule has 0 radical (unpaired) electrons. The van der Waals surface area contributed by atoms with E-state index in [1.807, 2.05) is 0 Å². The van der Waals surface area contributed by atoms with Gasteiger partial charge in [0.05, 0.1) is 25.1 Å². The number of phosphoric acid groups is 2. The highest BCUT2D eigenvalue weighted by Crippen LogP contribution is 2.61. The first kappa shape index (κ1) is 29.2. The molecular weight excluding hydrogens is 560 g/mol. The highest BCUT2D eigenvalue weighted by molar-refractivity contribution is 7.61. The predicted octanol–water partition coefficient (Wildman–Crippen LogP) is -2.94. The molecule has 2 aromatic rings. The summed E-state index contributed by atoms with van der Waals surface area (Å²) in [4.78, 5) is 41.8. The Morgan fingerprint density at radius 2 is 1.79 bits per heavy atom. The summed E-state index contributed by atoms with van der Waals surface area (Å²) >= 11 is 0. The number of rotatable bonds is 8. The fraction of sp³-hybridized carbons (Fsp3) is 0.706. The van der Waals surface area contributed by atoms with Crippen molar-refractivity contribution in [1.29, 1.82) is 0 Å². The molecule has 19 nitrogen and oxygen atoms in total. The van der Waals surface area contributed by atoms with Crippen LogP contribution in [0.15, 0.2) is 11.1 Å². The number of anilines is 1. The molecule has 1 saturated carbocycles. The van der Waals surface area contributed by atoms with Crippen molar-refractivity contribution in [3.63, 3.8) is 0 Å². The van der Waals surface area contributed by atoms with E-state index < -0.39 is 82.7 Å². The van der Waals surface area contributed by atoms with Crippen molar-refractivity contribution in [3.05, 3.63) is 16.7 Å². The third-order valence-electron chi connectivity index (χ3n) is 6.21. The molecular formula is C17H27N5O14P2. The second-order valence-electron chi connectivity index (χ2n) is 8.96. The predicted molar refractivity (Wildman–Crippen MR) is 122 cm³/mol. The van der Waals surface area contributed by atoms with E-state index in [0.29, 0.717) is 0 Å². The standard InChI is InChI=1S/C17H27N5O14P2/c1-5-2-6(10(24)12(26)9(5)23)35-38(31,32)36-37(29,30)33-3-7-11(25)13(27)16(34-7)22-4-19-8-14(22)20-17(18)21-15(8)28/h4-7,9-13,16,23-27H,2-3H2,1H3,(H,29,30)(H,31,32)(H3,18,20,21,28)/t5-,6+,7-,9-,10-,11-,12-,13-,16-/m1/s1. The summed E-state index contributed by atoms with van der Waals surface area (Å²) in [5.74, 6) is -0.916. The van der Waals surface area contributed by atoms with Crippen molar-refractivity contribution in [3.8, 4) is 0 Å². The first-order chi connectivity index (χ1) is 17.6. The number of phosphoric ester groups is 2. The van der Waals surface area contributed by atoms with Crippen molar-refractivity contribution in [1.82, 2.24) is 19.5 Å². The quantitative estimate of drug-likeness (QED) is 0.140. The number of ether oxygens (including phenoxy) is 1. The zero-order chi connectivity index (χ0) is 28.2. The van der Waals surface area contributed by atoms with Crippen molar-refractivity contribution in [2.75, 3.05) is 12.3 Å². The van der Waals surface area contributed by atoms with Gasteiger partial charge >= 0.3 is 15.6 Å². The van der Waals surface area contributed by atoms with Gasteiger partial charge in [-0.05, 0) is 12.3 Å². The van der Waals surface area contributed by atoms with E-state index in [2.05, 4.69) is 23.8 Å². The highest BCUT2D eigenvalue weighted by Gasteiger charge is 2.48. The minimum Gasteiger partial charge on any atom is -0.390 e. The molecule has 11 atom stereocenters. The van der Waals surface area contributed by atoms with Gasteiger partial charge in [0.2, 0.25) is 5.95 Å². The van der Waals surface area contributed by atoms with Crippen molar-refractivity contribution in [2.45, 2.75) is 62.3 Å². The highest BCUT2D eigenvalue weighted by atomic mass is 31.3. The molecule has 2 unspecified atom stereocenters. The molecule has 21 heteroatoms. The summed E-state index contributed by atoms with van der Waals surface area (Å²) in [5.41, 5.74) is 4.63. The van der Waals surface area contributed by atoms with Gasteiger partial charge in [-0.15, -0.1) is 0 Å². The topological polar surface area (TPSA) is 302 Å². The van der Waals surface area contributed by atoms with Gasteiger partial charge in [0, 0.05) is 0 Å². The first-order valence-corrected chi connectivity index (χ1v) is 14.1. The number of aromatic amines is 1. The van der Waals surface area contributed by atoms with E-state index in [4.69, 9.17) is 15.0 Å². The monoisotopic (exact) mass is 587 g/mol. The molecule has 0 spiro atoms. The molecule has 0 amide bonds. The van der Waals surface area contributed by atoms with Crippen LogP contribution in [0.2, 0.25) is 0 Å². The summed E-state index contributed by atoms with van der Waals surface area (Å²) in [6.45, 7) is 0.545. The summed E-state index contributed by atoms with van der Waals surface area (Å²) in [6.07, 6.45) is -11.7. The molecule has 1 aliphatic carbocycles. The Hall–Kier alpha value is -1.83. The molecule has 0 bridgehead atoms. The van der Waals surface area contributed by atoms with Crippen molar-refractivity contribution < 1.29 is 62.5 Å². The van der Waals surface area contributed by atoms with Crippen LogP contribution in [0.5, 0.6) is 0 Å². The Bertz CT molecular complexity index is 1320. The number of nitrogens with two attached hydrogens (primary N) is 1. The summed E-state index contributed by atoms with van der Waals surface area (Å²) in [5, 5.41) is 50.4. The maximum absolute atomic E-state index is 12.3. The third-order valence-corrected chi connectivity index (χ3v) is 8.87. The van der Waals surface area contributed by atoms with E-state index in [0.717, 1.165) is 10.9 Å². The number of aliphatic hydroxyl groups excluding tert-OH is 5. The second-order valence-corrected chi connectivity index (χ2v) is 12.0. The van der Waals surface area contributed by atoms with E-state index in [1.165, 1.54) is 6.92 Å². The Morgan fingerprint density at radius 1 is 1.11 bits per heavy atom. The zero-order valence-corrected chi connectivity index (χ0v) is 21.3. The maximum atomic E-state index is 12.3. The van der Waals surface area contributed by atoms with Crippen LogP contribution in [0.25, 0.3) is 11.2 Å². The molecule has 1 aliphatic heterocycles. The van der Waals surface area contributed by atoms with Crippen molar-refractivity contribution >= 4 is 32.8 Å². The van der Waals surface area contributed by atoms with Gasteiger partial charge in [0.25, 0.3) is 5.56 Å². The summed E-state index contributed by atoms with van der Waals surface area (Å²) in [7, 11) is -10.8. The summed E-state index contributed by atoms with van der Waals surface area (Å²) < 4.78 is 44.8. The van der Waals surface area contributed by atoms with E-state index in [-0.39, 0.29) is 23.5 Å². The molecule has 214 valence electrons. The summed E-state index contributed by atoms with van der Waals surface area (Å²) in [6, 6.07) is 0. The van der Waals surface area contributed by atoms with E-state index >= 15 is 0 Å². The molecule has 2 fully saturated rings. The third kappa shape index (κ3) is 5.85. The van der Waals surface area contributed by atoms with Crippen LogP contribution in [-0.4, -0.2) is 104 Å². The van der Waals surface area contributed by atoms with Crippen LogP contribution >= 0.6 is 15.6 Å². The van der Waals surface area contributed by atoms with Crippen LogP contribution < -0.4 is 11.3 Å². The average molecular weight is 587 g/mol. The molecule has 0 aromatic carbocycles. The Morgan fingerprint density at radius 3 is 2.47 bits per heavy atom. The lowest BCUT2D eigenvalue weighted by Crippen LogP contribution is -2.53. The van der Waals surface area contributed by atoms with Crippen LogP contribution in [0.4, 0.5) is 5.95 Å². The fourth-order valence-electron chi connectivity index (χ4n) is 4.25. The lowest BCUT2D eigenvalue weighted by molar-refractivity contribution is -0.151. The lowest BCUT2D eigenvalue weighted by atomic mass is 9.82. The van der Waals surface area contributed by atoms with Crippen LogP contribution in [0, 0.1) is 5.92 Å². The number of aliphatic hydroxyl groups is 5. The number of imidazole rings is 1. The fourth-order valence-corrected chi connectivity index (χ4v) is 6.52. The number of nitrogen functional groups attached to an aromatic ring is 1. The van der Waals surface area contributed by atoms with Crippen LogP contribution in [-0.2, 0) is 27.2 Å². The van der Waals surface area contributed by atoms with Crippen molar-refractivity contribution in [2.24, 2.45) is 5.92 Å². The second kappa shape index (κ2) is 10.6. The Balaban J connectivity index is 1.39. The van der Waals surface area contributed by atoms with Gasteiger partial charge in [0.1, 0.15) is 30.5 Å². The molecule has 1 saturated heterocycles. The first-order valence-electron chi connectivity index (χ1n) is 11.1. The smallest absolute Gasteiger partial charge is 0.390 e. The number of aromatic nitrogens is 4. The number of hydrogen-bond donors (Lipinski definition) is 9. The average Bonchev–Trinajstić information content (AvgIpc) is 3.35. The molecule has 38 heavy (non-hydrogen) atoms.